The fraction of sp³-hybridized carbons (Fsp3) is 0.647. The molecular weight excluding hydrogens is 397 g/mol. The van der Waals surface area contributed by atoms with Crippen molar-refractivity contribution in [3.63, 3.8) is 0 Å². The van der Waals surface area contributed by atoms with Crippen LogP contribution in [0.25, 0.3) is 0 Å². The van der Waals surface area contributed by atoms with Crippen LogP contribution in [0.1, 0.15) is 12.8 Å². The van der Waals surface area contributed by atoms with E-state index in [1.165, 1.54) is 0 Å². The minimum absolute atomic E-state index is 0.0334. The number of hydrogen-bond acceptors (Lipinski definition) is 7. The second kappa shape index (κ2) is 10.3. The lowest BCUT2D eigenvalue weighted by molar-refractivity contribution is -0.192. The average Bonchev–Trinajstić information content (AvgIpc) is 3.12. The highest BCUT2D eigenvalue weighted by Gasteiger charge is 2.42. The van der Waals surface area contributed by atoms with E-state index in [0.29, 0.717) is 19.1 Å². The molecule has 1 amide bonds. The Morgan fingerprint density at radius 2 is 2.03 bits per heavy atom. The van der Waals surface area contributed by atoms with E-state index in [2.05, 4.69) is 20.2 Å². The zero-order valence-electron chi connectivity index (χ0n) is 15.8. The van der Waals surface area contributed by atoms with Crippen LogP contribution in [0.4, 0.5) is 19.1 Å². The molecule has 1 aromatic heterocycles. The number of carbonyl (C=O) groups excluding carboxylic acids is 1. The maximum atomic E-state index is 12.1. The zero-order valence-corrected chi connectivity index (χ0v) is 15.8. The van der Waals surface area contributed by atoms with Gasteiger partial charge in [-0.2, -0.15) is 13.2 Å². The van der Waals surface area contributed by atoms with Gasteiger partial charge in [0.15, 0.2) is 0 Å². The number of carboxylic acid groups (broad SMARTS) is 1. The topological polar surface area (TPSA) is 114 Å². The molecule has 3 rings (SSSR count). The van der Waals surface area contributed by atoms with E-state index in [0.717, 1.165) is 31.9 Å². The number of fused-ring (bicyclic) bond motifs is 1. The van der Waals surface area contributed by atoms with Gasteiger partial charge in [0.2, 0.25) is 11.9 Å². The number of carbonyl (C=O) groups is 2. The van der Waals surface area contributed by atoms with Crippen LogP contribution in [0.2, 0.25) is 0 Å². The highest BCUT2D eigenvalue weighted by Crippen LogP contribution is 2.34. The van der Waals surface area contributed by atoms with Crippen LogP contribution in [0.5, 0.6) is 0 Å². The second-order valence-electron chi connectivity index (χ2n) is 6.53. The number of aliphatic carboxylic acids is 1. The molecule has 0 aliphatic carbocycles. The number of anilines is 1. The number of nitrogens with zero attached hydrogens (tertiary/aromatic N) is 3. The predicted molar refractivity (Wildman–Crippen MR) is 94.2 cm³/mol. The number of alkyl halides is 3. The molecular formula is C17H23F3N4O5. The summed E-state index contributed by atoms with van der Waals surface area (Å²) in [5.41, 5.74) is 0. The third-order valence-corrected chi connectivity index (χ3v) is 4.53. The van der Waals surface area contributed by atoms with Crippen LogP contribution in [-0.2, 0) is 19.1 Å². The van der Waals surface area contributed by atoms with Gasteiger partial charge >= 0.3 is 12.1 Å². The molecule has 162 valence electrons. The summed E-state index contributed by atoms with van der Waals surface area (Å²) in [6.45, 7) is 2.70. The number of rotatable bonds is 5. The van der Waals surface area contributed by atoms with Crippen molar-refractivity contribution in [2.24, 2.45) is 5.92 Å². The molecule has 9 nitrogen and oxygen atoms in total. The van der Waals surface area contributed by atoms with Gasteiger partial charge in [0, 0.05) is 39.1 Å². The van der Waals surface area contributed by atoms with Gasteiger partial charge in [-0.1, -0.05) is 0 Å². The minimum atomic E-state index is -5.08. The number of methoxy groups -OCH3 is 1. The van der Waals surface area contributed by atoms with Gasteiger partial charge in [-0.05, 0) is 24.8 Å². The van der Waals surface area contributed by atoms with Crippen molar-refractivity contribution in [3.8, 4) is 0 Å². The molecule has 0 spiro atoms. The summed E-state index contributed by atoms with van der Waals surface area (Å²) in [6.07, 6.45) is -0.0526. The number of nitrogens with one attached hydrogen (secondary N) is 1. The lowest BCUT2D eigenvalue weighted by Crippen LogP contribution is -2.43. The first-order chi connectivity index (χ1) is 13.7. The summed E-state index contributed by atoms with van der Waals surface area (Å²) in [4.78, 5) is 31.7. The highest BCUT2D eigenvalue weighted by atomic mass is 19.4. The van der Waals surface area contributed by atoms with Crippen molar-refractivity contribution in [3.05, 3.63) is 18.5 Å². The van der Waals surface area contributed by atoms with Crippen molar-refractivity contribution in [2.75, 3.05) is 38.3 Å². The minimum Gasteiger partial charge on any atom is -0.475 e. The summed E-state index contributed by atoms with van der Waals surface area (Å²) in [5, 5.41) is 9.98. The van der Waals surface area contributed by atoms with Crippen LogP contribution in [-0.4, -0.2) is 78.7 Å². The molecule has 12 heteroatoms. The van der Waals surface area contributed by atoms with Crippen molar-refractivity contribution in [2.45, 2.75) is 31.2 Å². The molecule has 29 heavy (non-hydrogen) atoms. The van der Waals surface area contributed by atoms with E-state index >= 15 is 0 Å². The van der Waals surface area contributed by atoms with Crippen LogP contribution in [0.15, 0.2) is 18.5 Å². The first-order valence-corrected chi connectivity index (χ1v) is 8.96. The Balaban J connectivity index is 0.000000370. The van der Waals surface area contributed by atoms with Crippen LogP contribution >= 0.6 is 0 Å². The van der Waals surface area contributed by atoms with Crippen LogP contribution < -0.4 is 10.2 Å². The van der Waals surface area contributed by atoms with E-state index < -0.39 is 12.1 Å². The monoisotopic (exact) mass is 420 g/mol. The number of amides is 1. The number of ether oxygens (including phenoxy) is 2. The lowest BCUT2D eigenvalue weighted by Gasteiger charge is -2.33. The zero-order chi connectivity index (χ0) is 21.4. The molecule has 0 saturated carbocycles. The summed E-state index contributed by atoms with van der Waals surface area (Å²) < 4.78 is 42.6. The highest BCUT2D eigenvalue weighted by molar-refractivity contribution is 5.81. The van der Waals surface area contributed by atoms with E-state index in [1.807, 2.05) is 6.07 Å². The van der Waals surface area contributed by atoms with Gasteiger partial charge in [0.1, 0.15) is 6.10 Å². The lowest BCUT2D eigenvalue weighted by atomic mass is 9.92. The molecule has 3 heterocycles. The third kappa shape index (κ3) is 6.82. The number of piperidine rings is 1. The Morgan fingerprint density at radius 3 is 2.62 bits per heavy atom. The summed E-state index contributed by atoms with van der Waals surface area (Å²) >= 11 is 0. The molecule has 2 aliphatic heterocycles. The van der Waals surface area contributed by atoms with Gasteiger partial charge in [-0.25, -0.2) is 14.8 Å². The number of halogens is 3. The maximum Gasteiger partial charge on any atom is 0.490 e. The average molecular weight is 420 g/mol. The first-order valence-electron chi connectivity index (χ1n) is 8.96. The molecule has 1 aromatic rings. The van der Waals surface area contributed by atoms with Gasteiger partial charge in [0.25, 0.3) is 0 Å². The summed E-state index contributed by atoms with van der Waals surface area (Å²) in [6, 6.07) is 1.81. The normalized spacial score (nSPS) is 23.6. The Labute approximate surface area is 165 Å². The Hall–Kier alpha value is -2.47. The van der Waals surface area contributed by atoms with E-state index in [9.17, 15) is 18.0 Å². The van der Waals surface area contributed by atoms with Gasteiger partial charge in [0.05, 0.1) is 12.7 Å². The molecule has 2 fully saturated rings. The molecule has 2 saturated heterocycles. The standard InChI is InChI=1S/C15H22N4O3.C2HF3O2/c1-21-8-6-16-14(20)12-9-11-3-7-19(10-13(11)22-12)15-17-4-2-5-18-15;3-2(4,5)1(6)7/h2,4-5,11-13H,3,6-10H2,1H3,(H,16,20);(H,6,7)/t11-,12-,13+;/m0./s1. The molecule has 0 aromatic carbocycles. The number of hydrogen-bond donors (Lipinski definition) is 2. The molecule has 2 aliphatic rings. The van der Waals surface area contributed by atoms with Crippen molar-refractivity contribution >= 4 is 17.8 Å². The molecule has 0 radical (unpaired) electrons. The summed E-state index contributed by atoms with van der Waals surface area (Å²) in [7, 11) is 1.62. The second-order valence-corrected chi connectivity index (χ2v) is 6.53. The van der Waals surface area contributed by atoms with Crippen molar-refractivity contribution < 1.29 is 37.3 Å². The third-order valence-electron chi connectivity index (χ3n) is 4.53. The predicted octanol–water partition coefficient (Wildman–Crippen LogP) is 0.856. The number of carboxylic acids is 1. The van der Waals surface area contributed by atoms with Crippen LogP contribution in [0, 0.1) is 5.92 Å². The fourth-order valence-corrected chi connectivity index (χ4v) is 3.13. The van der Waals surface area contributed by atoms with Crippen molar-refractivity contribution in [1.29, 1.82) is 0 Å². The summed E-state index contributed by atoms with van der Waals surface area (Å²) in [5.74, 6) is -1.61. The molecule has 0 bridgehead atoms. The van der Waals surface area contributed by atoms with Gasteiger partial charge in [-0.15, -0.1) is 0 Å². The number of aromatic nitrogens is 2. The van der Waals surface area contributed by atoms with Crippen LogP contribution in [0.3, 0.4) is 0 Å². The fourth-order valence-electron chi connectivity index (χ4n) is 3.13. The maximum absolute atomic E-state index is 12.1. The molecule has 0 unspecified atom stereocenters. The first kappa shape index (κ1) is 22.8. The van der Waals surface area contributed by atoms with Gasteiger partial charge < -0.3 is 24.8 Å². The Bertz CT molecular complexity index is 677. The van der Waals surface area contributed by atoms with E-state index in [1.54, 1.807) is 19.5 Å². The molecule has 3 atom stereocenters. The SMILES string of the molecule is COCCNC(=O)[C@@H]1C[C@@H]2CCN(c3ncccn3)C[C@H]2O1.O=C(O)C(F)(F)F. The largest absolute Gasteiger partial charge is 0.490 e. The quantitative estimate of drug-likeness (QED) is 0.675. The Morgan fingerprint density at radius 1 is 1.38 bits per heavy atom. The van der Waals surface area contributed by atoms with E-state index in [-0.39, 0.29) is 18.1 Å². The van der Waals surface area contributed by atoms with E-state index in [4.69, 9.17) is 19.4 Å². The van der Waals surface area contributed by atoms with Crippen molar-refractivity contribution in [1.82, 2.24) is 15.3 Å². The smallest absolute Gasteiger partial charge is 0.475 e. The molecule has 2 N–H and O–H groups in total. The van der Waals surface area contributed by atoms with Gasteiger partial charge in [-0.3, -0.25) is 4.79 Å². The Kier molecular flexibility index (Phi) is 8.14.